The predicted octanol–water partition coefficient (Wildman–Crippen LogP) is 1.48. The molecule has 1 aromatic carbocycles. The number of rotatable bonds is 3. The summed E-state index contributed by atoms with van der Waals surface area (Å²) in [5.41, 5.74) is 7.78. The average Bonchev–Trinajstić information content (AvgIpc) is 2.40. The Morgan fingerprint density at radius 1 is 1.24 bits per heavy atom. The van der Waals surface area contributed by atoms with Gasteiger partial charge in [0.2, 0.25) is 5.91 Å². The molecule has 1 aliphatic heterocycles. The highest BCUT2D eigenvalue weighted by molar-refractivity contribution is 5.79. The topological polar surface area (TPSA) is 46.3 Å². The Kier molecular flexibility index (Phi) is 3.94. The van der Waals surface area contributed by atoms with Gasteiger partial charge in [0, 0.05) is 19.6 Å². The zero-order valence-electron chi connectivity index (χ0n) is 9.93. The molecule has 17 heavy (non-hydrogen) atoms. The summed E-state index contributed by atoms with van der Waals surface area (Å²) >= 11 is 0. The Hall–Kier alpha value is -1.61. The molecule has 1 heterocycles. The van der Waals surface area contributed by atoms with Gasteiger partial charge in [-0.3, -0.25) is 4.79 Å². The van der Waals surface area contributed by atoms with Gasteiger partial charge in [-0.2, -0.15) is 0 Å². The van der Waals surface area contributed by atoms with Crippen molar-refractivity contribution in [1.29, 1.82) is 0 Å². The fraction of sp³-hybridized carbons (Fsp3) is 0.357. The molecular weight excluding hydrogens is 212 g/mol. The predicted molar refractivity (Wildman–Crippen MR) is 68.4 cm³/mol. The van der Waals surface area contributed by atoms with Crippen LogP contribution in [0.1, 0.15) is 17.5 Å². The van der Waals surface area contributed by atoms with Crippen LogP contribution in [-0.2, 0) is 17.8 Å². The van der Waals surface area contributed by atoms with Crippen molar-refractivity contribution in [3.63, 3.8) is 0 Å². The van der Waals surface area contributed by atoms with Crippen LogP contribution in [0.5, 0.6) is 0 Å². The van der Waals surface area contributed by atoms with Gasteiger partial charge in [0.15, 0.2) is 0 Å². The van der Waals surface area contributed by atoms with Crippen LogP contribution in [0.25, 0.3) is 0 Å². The maximum atomic E-state index is 12.1. The minimum Gasteiger partial charge on any atom is -0.338 e. The summed E-state index contributed by atoms with van der Waals surface area (Å²) in [6, 6.07) is 7.89. The Labute approximate surface area is 102 Å². The summed E-state index contributed by atoms with van der Waals surface area (Å²) < 4.78 is 0. The Bertz CT molecular complexity index is 426. The molecule has 0 radical (unpaired) electrons. The molecule has 0 aliphatic carbocycles. The first-order valence-corrected chi connectivity index (χ1v) is 6.01. The Morgan fingerprint density at radius 2 is 2.00 bits per heavy atom. The molecule has 2 rings (SSSR count). The number of nitrogens with two attached hydrogens (primary N) is 1. The molecule has 0 unspecified atom stereocenters. The van der Waals surface area contributed by atoms with Gasteiger partial charge in [0.05, 0.1) is 6.42 Å². The maximum absolute atomic E-state index is 12.1. The first kappa shape index (κ1) is 11.9. The van der Waals surface area contributed by atoms with E-state index >= 15 is 0 Å². The average molecular weight is 230 g/mol. The van der Waals surface area contributed by atoms with E-state index in [0.717, 1.165) is 30.6 Å². The van der Waals surface area contributed by atoms with Crippen molar-refractivity contribution >= 4 is 5.91 Å². The van der Waals surface area contributed by atoms with Gasteiger partial charge in [-0.1, -0.05) is 36.4 Å². The summed E-state index contributed by atoms with van der Waals surface area (Å²) in [6.07, 6.45) is 5.60. The van der Waals surface area contributed by atoms with Gasteiger partial charge >= 0.3 is 0 Å². The lowest BCUT2D eigenvalue weighted by Gasteiger charge is -2.23. The molecule has 0 atom stereocenters. The molecule has 1 aliphatic rings. The second-order valence-corrected chi connectivity index (χ2v) is 4.25. The number of nitrogens with zero attached hydrogens (tertiary/aromatic N) is 1. The third-order valence-electron chi connectivity index (χ3n) is 3.09. The molecule has 0 spiro atoms. The molecular formula is C14H18N2O. The lowest BCUT2D eigenvalue weighted by Crippen LogP contribution is -2.35. The summed E-state index contributed by atoms with van der Waals surface area (Å²) in [4.78, 5) is 14.0. The standard InChI is InChI=1S/C14H18N2O/c15-11-13-7-3-2-6-12(13)10-14(17)16-8-4-1-5-9-16/h1-4,6-7H,5,8-11,15H2. The zero-order chi connectivity index (χ0) is 12.1. The van der Waals surface area contributed by atoms with E-state index in [4.69, 9.17) is 5.73 Å². The van der Waals surface area contributed by atoms with Gasteiger partial charge in [0.1, 0.15) is 0 Å². The van der Waals surface area contributed by atoms with E-state index in [1.807, 2.05) is 29.2 Å². The van der Waals surface area contributed by atoms with E-state index in [9.17, 15) is 4.79 Å². The van der Waals surface area contributed by atoms with Crippen LogP contribution in [0.15, 0.2) is 36.4 Å². The first-order chi connectivity index (χ1) is 8.31. The molecule has 0 bridgehead atoms. The summed E-state index contributed by atoms with van der Waals surface area (Å²) in [5.74, 6) is 0.190. The van der Waals surface area contributed by atoms with Gasteiger partial charge in [0.25, 0.3) is 0 Å². The zero-order valence-corrected chi connectivity index (χ0v) is 9.93. The highest BCUT2D eigenvalue weighted by Gasteiger charge is 2.15. The molecule has 3 heteroatoms. The highest BCUT2D eigenvalue weighted by Crippen LogP contribution is 2.11. The Balaban J connectivity index is 2.04. The van der Waals surface area contributed by atoms with Crippen molar-refractivity contribution in [2.24, 2.45) is 5.73 Å². The van der Waals surface area contributed by atoms with Crippen molar-refractivity contribution < 1.29 is 4.79 Å². The SMILES string of the molecule is NCc1ccccc1CC(=O)N1CC=CCC1. The van der Waals surface area contributed by atoms with Crippen LogP contribution in [0.2, 0.25) is 0 Å². The number of carbonyl (C=O) groups is 1. The molecule has 2 N–H and O–H groups in total. The fourth-order valence-corrected chi connectivity index (χ4v) is 2.07. The number of amides is 1. The van der Waals surface area contributed by atoms with E-state index in [1.165, 1.54) is 0 Å². The summed E-state index contributed by atoms with van der Waals surface area (Å²) in [6.45, 7) is 2.06. The second-order valence-electron chi connectivity index (χ2n) is 4.25. The van der Waals surface area contributed by atoms with Crippen molar-refractivity contribution in [2.75, 3.05) is 13.1 Å². The molecule has 1 amide bonds. The van der Waals surface area contributed by atoms with Crippen LogP contribution in [0, 0.1) is 0 Å². The smallest absolute Gasteiger partial charge is 0.227 e. The van der Waals surface area contributed by atoms with Crippen LogP contribution in [-0.4, -0.2) is 23.9 Å². The number of hydrogen-bond donors (Lipinski definition) is 1. The van der Waals surface area contributed by atoms with E-state index in [0.29, 0.717) is 13.0 Å². The van der Waals surface area contributed by atoms with Gasteiger partial charge in [-0.15, -0.1) is 0 Å². The van der Waals surface area contributed by atoms with Crippen molar-refractivity contribution in [2.45, 2.75) is 19.4 Å². The maximum Gasteiger partial charge on any atom is 0.227 e. The number of benzene rings is 1. The van der Waals surface area contributed by atoms with Crippen LogP contribution >= 0.6 is 0 Å². The lowest BCUT2D eigenvalue weighted by molar-refractivity contribution is -0.130. The number of carbonyl (C=O) groups excluding carboxylic acids is 1. The first-order valence-electron chi connectivity index (χ1n) is 6.01. The third kappa shape index (κ3) is 2.94. The molecule has 90 valence electrons. The minimum atomic E-state index is 0.190. The van der Waals surface area contributed by atoms with Crippen LogP contribution in [0.3, 0.4) is 0 Å². The molecule has 0 aromatic heterocycles. The van der Waals surface area contributed by atoms with Crippen molar-refractivity contribution in [1.82, 2.24) is 4.90 Å². The van der Waals surface area contributed by atoms with Crippen molar-refractivity contribution in [3.8, 4) is 0 Å². The van der Waals surface area contributed by atoms with E-state index in [-0.39, 0.29) is 5.91 Å². The van der Waals surface area contributed by atoms with Gasteiger partial charge in [-0.25, -0.2) is 0 Å². The number of hydrogen-bond acceptors (Lipinski definition) is 2. The third-order valence-corrected chi connectivity index (χ3v) is 3.09. The summed E-state index contributed by atoms with van der Waals surface area (Å²) in [7, 11) is 0. The van der Waals surface area contributed by atoms with Crippen LogP contribution in [0.4, 0.5) is 0 Å². The fourth-order valence-electron chi connectivity index (χ4n) is 2.07. The molecule has 0 fully saturated rings. The van der Waals surface area contributed by atoms with Crippen LogP contribution < -0.4 is 5.73 Å². The van der Waals surface area contributed by atoms with Gasteiger partial charge < -0.3 is 10.6 Å². The van der Waals surface area contributed by atoms with E-state index < -0.39 is 0 Å². The molecule has 1 aromatic rings. The summed E-state index contributed by atoms with van der Waals surface area (Å²) in [5, 5.41) is 0. The van der Waals surface area contributed by atoms with Crippen molar-refractivity contribution in [3.05, 3.63) is 47.5 Å². The minimum absolute atomic E-state index is 0.190. The quantitative estimate of drug-likeness (QED) is 0.799. The largest absolute Gasteiger partial charge is 0.338 e. The molecule has 0 saturated carbocycles. The lowest BCUT2D eigenvalue weighted by atomic mass is 10.0. The Morgan fingerprint density at radius 3 is 2.65 bits per heavy atom. The highest BCUT2D eigenvalue weighted by atomic mass is 16.2. The molecule has 3 nitrogen and oxygen atoms in total. The van der Waals surface area contributed by atoms with E-state index in [2.05, 4.69) is 12.2 Å². The second kappa shape index (κ2) is 5.64. The monoisotopic (exact) mass is 230 g/mol. The van der Waals surface area contributed by atoms with Gasteiger partial charge in [-0.05, 0) is 17.5 Å². The van der Waals surface area contributed by atoms with E-state index in [1.54, 1.807) is 0 Å². The normalized spacial score (nSPS) is 15.0. The molecule has 0 saturated heterocycles.